The zero-order valence-corrected chi connectivity index (χ0v) is 15.1. The van der Waals surface area contributed by atoms with Crippen LogP contribution in [0.1, 0.15) is 10.4 Å². The van der Waals surface area contributed by atoms with E-state index in [-0.39, 0.29) is 12.3 Å². The zero-order valence-electron chi connectivity index (χ0n) is 13.6. The van der Waals surface area contributed by atoms with Crippen LogP contribution in [-0.2, 0) is 6.54 Å². The van der Waals surface area contributed by atoms with Gasteiger partial charge >= 0.3 is 0 Å². The fraction of sp³-hybridized carbons (Fsp3) is 0.100. The Balaban J connectivity index is 1.82. The number of hydrogen-bond donors (Lipinski definition) is 0. The Morgan fingerprint density at radius 2 is 1.84 bits per heavy atom. The van der Waals surface area contributed by atoms with E-state index in [1.54, 1.807) is 36.0 Å². The van der Waals surface area contributed by atoms with Crippen molar-refractivity contribution in [3.63, 3.8) is 0 Å². The molecule has 0 amide bonds. The van der Waals surface area contributed by atoms with Crippen molar-refractivity contribution in [2.75, 3.05) is 6.26 Å². The lowest BCUT2D eigenvalue weighted by Crippen LogP contribution is -2.11. The number of carbonyl (C=O) groups is 1. The molecule has 124 valence electrons. The second kappa shape index (κ2) is 6.54. The molecule has 0 aliphatic rings. The van der Waals surface area contributed by atoms with Crippen LogP contribution in [-0.4, -0.2) is 21.6 Å². The van der Waals surface area contributed by atoms with Crippen molar-refractivity contribution < 1.29 is 4.79 Å². The molecular weight excluding hydrogens is 352 g/mol. The van der Waals surface area contributed by atoms with Gasteiger partial charge in [-0.3, -0.25) is 4.79 Å². The predicted octanol–water partition coefficient (Wildman–Crippen LogP) is 5.45. The van der Waals surface area contributed by atoms with Gasteiger partial charge < -0.3 is 4.57 Å². The Labute approximate surface area is 154 Å². The first-order valence-corrected chi connectivity index (χ1v) is 9.48. The number of imidazole rings is 1. The third-order valence-corrected chi connectivity index (χ3v) is 5.19. The summed E-state index contributed by atoms with van der Waals surface area (Å²) in [4.78, 5) is 17.5. The average Bonchev–Trinajstić information content (AvgIpc) is 3.00. The number of thioether (sulfide) groups is 1. The van der Waals surface area contributed by atoms with Gasteiger partial charge in [0.15, 0.2) is 10.9 Å². The second-order valence-corrected chi connectivity index (χ2v) is 6.98. The Kier molecular flexibility index (Phi) is 4.24. The minimum Gasteiger partial charge on any atom is -0.311 e. The summed E-state index contributed by atoms with van der Waals surface area (Å²) in [6, 6.07) is 19.3. The van der Waals surface area contributed by atoms with Gasteiger partial charge in [-0.2, -0.15) is 0 Å². The van der Waals surface area contributed by atoms with Crippen LogP contribution in [0, 0.1) is 0 Å². The number of nitrogens with zero attached hydrogens (tertiary/aromatic N) is 2. The van der Waals surface area contributed by atoms with E-state index in [4.69, 9.17) is 16.6 Å². The molecule has 3 aromatic carbocycles. The van der Waals surface area contributed by atoms with Gasteiger partial charge in [-0.15, -0.1) is 0 Å². The molecule has 25 heavy (non-hydrogen) atoms. The maximum absolute atomic E-state index is 12.7. The Bertz CT molecular complexity index is 1090. The molecule has 3 nitrogen and oxygen atoms in total. The van der Waals surface area contributed by atoms with Crippen molar-refractivity contribution in [3.8, 4) is 0 Å². The minimum atomic E-state index is 0.0411. The summed E-state index contributed by atoms with van der Waals surface area (Å²) in [5, 5.41) is 3.72. The van der Waals surface area contributed by atoms with E-state index < -0.39 is 0 Å². The maximum Gasteiger partial charge on any atom is 0.182 e. The Morgan fingerprint density at radius 3 is 2.60 bits per heavy atom. The summed E-state index contributed by atoms with van der Waals surface area (Å²) in [7, 11) is 0. The SMILES string of the molecule is CSc1nc2c3ccccc3ccc2n1CC(=O)c1ccc(Cl)cc1. The fourth-order valence-corrected chi connectivity index (χ4v) is 3.71. The van der Waals surface area contributed by atoms with E-state index in [0.717, 1.165) is 27.0 Å². The number of benzene rings is 3. The largest absolute Gasteiger partial charge is 0.311 e. The molecule has 0 aliphatic carbocycles. The predicted molar refractivity (Wildman–Crippen MR) is 105 cm³/mol. The number of Topliss-reactive ketones (excluding diaryl/α,β-unsaturated/α-hetero) is 1. The summed E-state index contributed by atoms with van der Waals surface area (Å²) in [5.41, 5.74) is 2.57. The van der Waals surface area contributed by atoms with Crippen molar-refractivity contribution in [1.82, 2.24) is 9.55 Å². The molecule has 0 unspecified atom stereocenters. The van der Waals surface area contributed by atoms with Gasteiger partial charge in [0.2, 0.25) is 0 Å². The normalized spacial score (nSPS) is 11.3. The van der Waals surface area contributed by atoms with Crippen LogP contribution >= 0.6 is 23.4 Å². The highest BCUT2D eigenvalue weighted by molar-refractivity contribution is 7.98. The Hall–Kier alpha value is -2.30. The van der Waals surface area contributed by atoms with Crippen LogP contribution in [0.3, 0.4) is 0 Å². The number of rotatable bonds is 4. The topological polar surface area (TPSA) is 34.9 Å². The molecule has 1 aromatic heterocycles. The van der Waals surface area contributed by atoms with Crippen molar-refractivity contribution >= 4 is 51.0 Å². The lowest BCUT2D eigenvalue weighted by Gasteiger charge is -2.07. The first-order chi connectivity index (χ1) is 12.2. The summed E-state index contributed by atoms with van der Waals surface area (Å²) in [5.74, 6) is 0.0411. The van der Waals surface area contributed by atoms with Crippen LogP contribution in [0.15, 0.2) is 65.8 Å². The smallest absolute Gasteiger partial charge is 0.182 e. The molecule has 1 heterocycles. The summed E-state index contributed by atoms with van der Waals surface area (Å²) < 4.78 is 1.99. The number of carbonyl (C=O) groups excluding carboxylic acids is 1. The van der Waals surface area contributed by atoms with E-state index in [9.17, 15) is 4.79 Å². The molecule has 0 radical (unpaired) electrons. The Morgan fingerprint density at radius 1 is 1.08 bits per heavy atom. The standard InChI is InChI=1S/C20H15ClN2OS/c1-25-20-22-19-16-5-3-2-4-13(16)8-11-17(19)23(20)12-18(24)14-6-9-15(21)10-7-14/h2-11H,12H2,1H3. The highest BCUT2D eigenvalue weighted by Gasteiger charge is 2.16. The molecule has 0 fully saturated rings. The molecule has 0 bridgehead atoms. The molecule has 0 aliphatic heterocycles. The molecule has 0 saturated heterocycles. The first-order valence-electron chi connectivity index (χ1n) is 7.88. The minimum absolute atomic E-state index is 0.0411. The van der Waals surface area contributed by atoms with Crippen molar-refractivity contribution in [1.29, 1.82) is 0 Å². The monoisotopic (exact) mass is 366 g/mol. The van der Waals surface area contributed by atoms with E-state index in [1.165, 1.54) is 0 Å². The lowest BCUT2D eigenvalue weighted by atomic mass is 10.1. The summed E-state index contributed by atoms with van der Waals surface area (Å²) >= 11 is 7.46. The molecule has 4 aromatic rings. The van der Waals surface area contributed by atoms with Gasteiger partial charge in [0.1, 0.15) is 0 Å². The zero-order chi connectivity index (χ0) is 17.4. The molecule has 4 rings (SSSR count). The van der Waals surface area contributed by atoms with Gasteiger partial charge in [-0.25, -0.2) is 4.98 Å². The number of ketones is 1. The van der Waals surface area contributed by atoms with E-state index in [1.807, 2.05) is 29.0 Å². The van der Waals surface area contributed by atoms with Crippen molar-refractivity contribution in [3.05, 3.63) is 71.2 Å². The molecule has 0 N–H and O–H groups in total. The number of aromatic nitrogens is 2. The number of halogens is 1. The van der Waals surface area contributed by atoms with E-state index >= 15 is 0 Å². The summed E-state index contributed by atoms with van der Waals surface area (Å²) in [6.45, 7) is 0.257. The lowest BCUT2D eigenvalue weighted by molar-refractivity contribution is 0.0970. The number of hydrogen-bond acceptors (Lipinski definition) is 3. The van der Waals surface area contributed by atoms with Crippen LogP contribution in [0.5, 0.6) is 0 Å². The van der Waals surface area contributed by atoms with Crippen LogP contribution < -0.4 is 0 Å². The average molecular weight is 367 g/mol. The molecular formula is C20H15ClN2OS. The van der Waals surface area contributed by atoms with Crippen molar-refractivity contribution in [2.24, 2.45) is 0 Å². The van der Waals surface area contributed by atoms with Gasteiger partial charge in [-0.05, 0) is 42.0 Å². The fourth-order valence-electron chi connectivity index (χ4n) is 3.02. The van der Waals surface area contributed by atoms with Gasteiger partial charge in [0.25, 0.3) is 0 Å². The second-order valence-electron chi connectivity index (χ2n) is 5.77. The quantitative estimate of drug-likeness (QED) is 0.356. The third kappa shape index (κ3) is 2.92. The van der Waals surface area contributed by atoms with E-state index in [2.05, 4.69) is 18.2 Å². The van der Waals surface area contributed by atoms with Gasteiger partial charge in [0, 0.05) is 16.0 Å². The van der Waals surface area contributed by atoms with E-state index in [0.29, 0.717) is 10.6 Å². The molecule has 5 heteroatoms. The van der Waals surface area contributed by atoms with Gasteiger partial charge in [-0.1, -0.05) is 53.7 Å². The molecule has 0 spiro atoms. The number of fused-ring (bicyclic) bond motifs is 3. The van der Waals surface area contributed by atoms with Crippen LogP contribution in [0.2, 0.25) is 5.02 Å². The summed E-state index contributed by atoms with van der Waals surface area (Å²) in [6.07, 6.45) is 1.98. The van der Waals surface area contributed by atoms with Crippen LogP contribution in [0.4, 0.5) is 0 Å². The van der Waals surface area contributed by atoms with Crippen LogP contribution in [0.25, 0.3) is 21.8 Å². The molecule has 0 atom stereocenters. The maximum atomic E-state index is 12.7. The molecule has 0 saturated carbocycles. The first kappa shape index (κ1) is 16.2. The van der Waals surface area contributed by atoms with Gasteiger partial charge in [0.05, 0.1) is 17.6 Å². The van der Waals surface area contributed by atoms with Crippen molar-refractivity contribution in [2.45, 2.75) is 11.7 Å². The highest BCUT2D eigenvalue weighted by Crippen LogP contribution is 2.29. The highest BCUT2D eigenvalue weighted by atomic mass is 35.5. The third-order valence-electron chi connectivity index (χ3n) is 4.26.